The fourth-order valence-electron chi connectivity index (χ4n) is 5.14. The molecule has 0 atom stereocenters. The van der Waals surface area contributed by atoms with Gasteiger partial charge in [0.1, 0.15) is 17.2 Å². The molecular formula is C31H33N3O4. The average Bonchev–Trinajstić information content (AvgIpc) is 3.33. The van der Waals surface area contributed by atoms with Crippen molar-refractivity contribution in [3.05, 3.63) is 90.1 Å². The highest BCUT2D eigenvalue weighted by molar-refractivity contribution is 5.97. The lowest BCUT2D eigenvalue weighted by atomic mass is 10.1. The summed E-state index contributed by atoms with van der Waals surface area (Å²) in [6.07, 6.45) is 0. The quantitative estimate of drug-likeness (QED) is 0.331. The number of hydrogen-bond acceptors (Lipinski definition) is 5. The maximum absolute atomic E-state index is 13.9. The fourth-order valence-corrected chi connectivity index (χ4v) is 5.14. The van der Waals surface area contributed by atoms with Crippen LogP contribution in [-0.2, 0) is 0 Å². The molecule has 7 heteroatoms. The van der Waals surface area contributed by atoms with Gasteiger partial charge in [0.15, 0.2) is 0 Å². The summed E-state index contributed by atoms with van der Waals surface area (Å²) in [5, 5.41) is 0. The normalized spacial score (nSPS) is 13.4. The van der Waals surface area contributed by atoms with E-state index < -0.39 is 0 Å². The number of piperazine rings is 1. The Morgan fingerprint density at radius 3 is 2.08 bits per heavy atom. The van der Waals surface area contributed by atoms with Crippen molar-refractivity contribution < 1.29 is 19.0 Å². The number of para-hydroxylation sites is 2. The highest BCUT2D eigenvalue weighted by atomic mass is 16.5. The number of amides is 1. The first kappa shape index (κ1) is 25.3. The van der Waals surface area contributed by atoms with Gasteiger partial charge < -0.3 is 28.6 Å². The van der Waals surface area contributed by atoms with Gasteiger partial charge in [0.05, 0.1) is 44.0 Å². The largest absolute Gasteiger partial charge is 0.497 e. The minimum atomic E-state index is 0.0330. The Balaban J connectivity index is 1.49. The zero-order valence-corrected chi connectivity index (χ0v) is 22.3. The fraction of sp³-hybridized carbons (Fsp3) is 0.258. The molecule has 1 aromatic heterocycles. The molecule has 0 bridgehead atoms. The first-order valence-electron chi connectivity index (χ1n) is 12.7. The molecule has 1 aliphatic rings. The van der Waals surface area contributed by atoms with Gasteiger partial charge in [-0.1, -0.05) is 42.5 Å². The summed E-state index contributed by atoms with van der Waals surface area (Å²) in [6, 6.07) is 25.9. The van der Waals surface area contributed by atoms with E-state index in [-0.39, 0.29) is 5.91 Å². The number of anilines is 1. The third-order valence-corrected chi connectivity index (χ3v) is 7.17. The van der Waals surface area contributed by atoms with Crippen LogP contribution in [0.1, 0.15) is 16.1 Å². The lowest BCUT2D eigenvalue weighted by Gasteiger charge is -2.36. The third-order valence-electron chi connectivity index (χ3n) is 7.17. The predicted molar refractivity (Wildman–Crippen MR) is 150 cm³/mol. The number of carbonyl (C=O) groups is 1. The second-order valence-corrected chi connectivity index (χ2v) is 9.22. The van der Waals surface area contributed by atoms with Gasteiger partial charge in [0.25, 0.3) is 5.91 Å². The highest BCUT2D eigenvalue weighted by Crippen LogP contribution is 2.36. The maximum Gasteiger partial charge on any atom is 0.255 e. The summed E-state index contributed by atoms with van der Waals surface area (Å²) >= 11 is 0. The molecule has 0 saturated carbocycles. The van der Waals surface area contributed by atoms with Gasteiger partial charge in [-0.25, -0.2) is 0 Å². The molecule has 0 aliphatic carbocycles. The van der Waals surface area contributed by atoms with Gasteiger partial charge in [-0.3, -0.25) is 4.79 Å². The summed E-state index contributed by atoms with van der Waals surface area (Å²) in [7, 11) is 4.97. The molecule has 1 amide bonds. The van der Waals surface area contributed by atoms with Gasteiger partial charge in [0, 0.05) is 37.9 Å². The van der Waals surface area contributed by atoms with Crippen LogP contribution < -0.4 is 19.1 Å². The van der Waals surface area contributed by atoms with Crippen molar-refractivity contribution in [2.24, 2.45) is 0 Å². The molecule has 1 saturated heterocycles. The van der Waals surface area contributed by atoms with Crippen LogP contribution in [0, 0.1) is 6.92 Å². The summed E-state index contributed by atoms with van der Waals surface area (Å²) in [4.78, 5) is 18.1. The zero-order chi connectivity index (χ0) is 26.6. The summed E-state index contributed by atoms with van der Waals surface area (Å²) in [5.74, 6) is 2.26. The Hall–Kier alpha value is -4.39. The van der Waals surface area contributed by atoms with E-state index in [4.69, 9.17) is 14.2 Å². The number of carbonyl (C=O) groups excluding carboxylic acids is 1. The maximum atomic E-state index is 13.9. The Morgan fingerprint density at radius 1 is 0.711 bits per heavy atom. The summed E-state index contributed by atoms with van der Waals surface area (Å²) in [6.45, 7) is 4.74. The van der Waals surface area contributed by atoms with E-state index >= 15 is 0 Å². The van der Waals surface area contributed by atoms with Gasteiger partial charge in [-0.15, -0.1) is 0 Å². The first-order valence-corrected chi connectivity index (χ1v) is 12.7. The molecule has 7 nitrogen and oxygen atoms in total. The van der Waals surface area contributed by atoms with Crippen molar-refractivity contribution in [2.45, 2.75) is 6.92 Å². The number of rotatable bonds is 7. The predicted octanol–water partition coefficient (Wildman–Crippen LogP) is 5.44. The monoisotopic (exact) mass is 511 g/mol. The van der Waals surface area contributed by atoms with Crippen LogP contribution in [0.15, 0.2) is 78.9 Å². The molecule has 1 aliphatic heterocycles. The van der Waals surface area contributed by atoms with E-state index in [1.807, 2.05) is 72.5 Å². The van der Waals surface area contributed by atoms with Crippen LogP contribution in [-0.4, -0.2) is 62.9 Å². The topological polar surface area (TPSA) is 56.2 Å². The standard InChI is InChI=1S/C31H33N3O4/c1-22-25(31(35)33-18-16-32(17-19-33)26-12-8-9-13-29(26)37-3)21-28(23-10-6-5-7-11-23)34(22)27-15-14-24(36-2)20-30(27)38-4/h5-15,20-21H,16-19H2,1-4H3. The molecule has 4 aromatic rings. The smallest absolute Gasteiger partial charge is 0.255 e. The van der Waals surface area contributed by atoms with Gasteiger partial charge in [-0.05, 0) is 42.8 Å². The average molecular weight is 512 g/mol. The van der Waals surface area contributed by atoms with Crippen LogP contribution in [0.5, 0.6) is 17.2 Å². The molecule has 2 heterocycles. The minimum absolute atomic E-state index is 0.0330. The van der Waals surface area contributed by atoms with E-state index in [0.29, 0.717) is 30.2 Å². The second kappa shape index (κ2) is 10.9. The summed E-state index contributed by atoms with van der Waals surface area (Å²) in [5.41, 5.74) is 5.42. The van der Waals surface area contributed by atoms with Crippen molar-refractivity contribution in [3.63, 3.8) is 0 Å². The number of methoxy groups -OCH3 is 3. The number of benzene rings is 3. The molecule has 5 rings (SSSR count). The molecule has 0 unspecified atom stereocenters. The molecule has 3 aromatic carbocycles. The Morgan fingerprint density at radius 2 is 1.39 bits per heavy atom. The Bertz CT molecular complexity index is 1420. The van der Waals surface area contributed by atoms with Gasteiger partial charge >= 0.3 is 0 Å². The van der Waals surface area contributed by atoms with Crippen LogP contribution >= 0.6 is 0 Å². The Kier molecular flexibility index (Phi) is 7.26. The van der Waals surface area contributed by atoms with Gasteiger partial charge in [-0.2, -0.15) is 0 Å². The second-order valence-electron chi connectivity index (χ2n) is 9.22. The lowest BCUT2D eigenvalue weighted by Crippen LogP contribution is -2.49. The number of hydrogen-bond donors (Lipinski definition) is 0. The summed E-state index contributed by atoms with van der Waals surface area (Å²) < 4.78 is 18.8. The molecule has 0 spiro atoms. The van der Waals surface area contributed by atoms with Crippen LogP contribution in [0.2, 0.25) is 0 Å². The number of nitrogens with zero attached hydrogens (tertiary/aromatic N) is 3. The van der Waals surface area contributed by atoms with Gasteiger partial charge in [0.2, 0.25) is 0 Å². The third kappa shape index (κ3) is 4.67. The molecule has 0 N–H and O–H groups in total. The SMILES string of the molecule is COc1ccc(-n2c(-c3ccccc3)cc(C(=O)N3CCN(c4ccccc4OC)CC3)c2C)c(OC)c1. The number of ether oxygens (including phenoxy) is 3. The molecule has 38 heavy (non-hydrogen) atoms. The van der Waals surface area contributed by atoms with Crippen molar-refractivity contribution in [1.82, 2.24) is 9.47 Å². The minimum Gasteiger partial charge on any atom is -0.497 e. The molecule has 196 valence electrons. The van der Waals surface area contributed by atoms with E-state index in [1.54, 1.807) is 21.3 Å². The van der Waals surface area contributed by atoms with Crippen molar-refractivity contribution in [3.8, 4) is 34.2 Å². The van der Waals surface area contributed by atoms with E-state index in [1.165, 1.54) is 0 Å². The molecule has 0 radical (unpaired) electrons. The van der Waals surface area contributed by atoms with E-state index in [0.717, 1.165) is 47.2 Å². The van der Waals surface area contributed by atoms with E-state index in [9.17, 15) is 4.79 Å². The van der Waals surface area contributed by atoms with Crippen LogP contribution in [0.4, 0.5) is 5.69 Å². The van der Waals surface area contributed by atoms with Crippen LogP contribution in [0.3, 0.4) is 0 Å². The zero-order valence-electron chi connectivity index (χ0n) is 22.3. The Labute approximate surface area is 223 Å². The highest BCUT2D eigenvalue weighted by Gasteiger charge is 2.28. The number of aromatic nitrogens is 1. The van der Waals surface area contributed by atoms with Crippen molar-refractivity contribution in [2.75, 3.05) is 52.4 Å². The van der Waals surface area contributed by atoms with Crippen LogP contribution in [0.25, 0.3) is 16.9 Å². The first-order chi connectivity index (χ1) is 18.5. The van der Waals surface area contributed by atoms with Crippen molar-refractivity contribution in [1.29, 1.82) is 0 Å². The lowest BCUT2D eigenvalue weighted by molar-refractivity contribution is 0.0746. The molecule has 1 fully saturated rings. The van der Waals surface area contributed by atoms with E-state index in [2.05, 4.69) is 27.7 Å². The molecular weight excluding hydrogens is 478 g/mol. The van der Waals surface area contributed by atoms with Crippen molar-refractivity contribution >= 4 is 11.6 Å².